The first-order valence-corrected chi connectivity index (χ1v) is 12.4. The van der Waals surface area contributed by atoms with Gasteiger partial charge in [0, 0.05) is 22.5 Å². The van der Waals surface area contributed by atoms with Gasteiger partial charge in [-0.2, -0.15) is 0 Å². The zero-order valence-corrected chi connectivity index (χ0v) is 20.5. The monoisotopic (exact) mass is 461 g/mol. The Hall–Kier alpha value is -2.70. The molecule has 0 spiro atoms. The summed E-state index contributed by atoms with van der Waals surface area (Å²) < 4.78 is 1.11. The lowest BCUT2D eigenvalue weighted by Crippen LogP contribution is -2.31. The summed E-state index contributed by atoms with van der Waals surface area (Å²) in [7, 11) is 0. The topological polar surface area (TPSA) is 46.1 Å². The highest BCUT2D eigenvalue weighted by Crippen LogP contribution is 2.33. The first kappa shape index (κ1) is 22.5. The second-order valence-electron chi connectivity index (χ2n) is 8.25. The number of anilines is 1. The number of amides is 1. The van der Waals surface area contributed by atoms with Crippen molar-refractivity contribution in [1.82, 2.24) is 9.97 Å². The molecule has 0 aliphatic rings. The SMILES string of the molecule is Cc1cc(C)c2nc(N(Cc3cccnc3)C(=O)Cc3ccc(SC(C)C)cc3)sc2c1. The zero-order valence-electron chi connectivity index (χ0n) is 18.8. The molecule has 32 heavy (non-hydrogen) atoms. The van der Waals surface area contributed by atoms with Crippen LogP contribution in [0.3, 0.4) is 0 Å². The van der Waals surface area contributed by atoms with Crippen molar-refractivity contribution in [3.05, 3.63) is 83.2 Å². The number of thiazole rings is 1. The van der Waals surface area contributed by atoms with Crippen LogP contribution in [0, 0.1) is 13.8 Å². The van der Waals surface area contributed by atoms with E-state index in [1.807, 2.05) is 23.9 Å². The van der Waals surface area contributed by atoms with Gasteiger partial charge in [0.2, 0.25) is 5.91 Å². The number of benzene rings is 2. The molecule has 0 saturated carbocycles. The van der Waals surface area contributed by atoms with Crippen LogP contribution in [0.2, 0.25) is 0 Å². The zero-order chi connectivity index (χ0) is 22.7. The number of carbonyl (C=O) groups is 1. The molecule has 0 aliphatic heterocycles. The fraction of sp³-hybridized carbons (Fsp3) is 0.269. The van der Waals surface area contributed by atoms with Crippen LogP contribution >= 0.6 is 23.1 Å². The van der Waals surface area contributed by atoms with Crippen molar-refractivity contribution in [2.45, 2.75) is 50.8 Å². The minimum Gasteiger partial charge on any atom is -0.283 e. The highest BCUT2D eigenvalue weighted by Gasteiger charge is 2.21. The van der Waals surface area contributed by atoms with Crippen LogP contribution < -0.4 is 4.90 Å². The van der Waals surface area contributed by atoms with Crippen LogP contribution in [0.4, 0.5) is 5.13 Å². The van der Waals surface area contributed by atoms with E-state index in [0.29, 0.717) is 18.2 Å². The third kappa shape index (κ3) is 5.37. The molecule has 0 unspecified atom stereocenters. The van der Waals surface area contributed by atoms with Crippen molar-refractivity contribution < 1.29 is 4.79 Å². The Balaban J connectivity index is 1.63. The summed E-state index contributed by atoms with van der Waals surface area (Å²) in [5.74, 6) is 0.0338. The van der Waals surface area contributed by atoms with Gasteiger partial charge in [-0.1, -0.05) is 49.4 Å². The van der Waals surface area contributed by atoms with Gasteiger partial charge < -0.3 is 0 Å². The van der Waals surface area contributed by atoms with Crippen molar-refractivity contribution in [2.75, 3.05) is 4.90 Å². The van der Waals surface area contributed by atoms with Crippen molar-refractivity contribution in [1.29, 1.82) is 0 Å². The lowest BCUT2D eigenvalue weighted by atomic mass is 10.1. The molecule has 1 amide bonds. The van der Waals surface area contributed by atoms with E-state index in [4.69, 9.17) is 4.98 Å². The van der Waals surface area contributed by atoms with Crippen LogP contribution in [-0.2, 0) is 17.8 Å². The number of pyridine rings is 1. The van der Waals surface area contributed by atoms with Gasteiger partial charge in [0.05, 0.1) is 23.2 Å². The van der Waals surface area contributed by atoms with Gasteiger partial charge in [-0.05, 0) is 60.4 Å². The Labute approximate surface area is 197 Å². The third-order valence-electron chi connectivity index (χ3n) is 5.06. The first-order valence-electron chi connectivity index (χ1n) is 10.7. The van der Waals surface area contributed by atoms with Crippen LogP contribution in [0.15, 0.2) is 65.8 Å². The van der Waals surface area contributed by atoms with Crippen molar-refractivity contribution >= 4 is 44.4 Å². The van der Waals surface area contributed by atoms with Crippen molar-refractivity contribution in [3.63, 3.8) is 0 Å². The summed E-state index contributed by atoms with van der Waals surface area (Å²) in [6.45, 7) is 8.97. The lowest BCUT2D eigenvalue weighted by Gasteiger charge is -2.20. The average Bonchev–Trinajstić information content (AvgIpc) is 3.18. The quantitative estimate of drug-likeness (QED) is 0.292. The number of thioether (sulfide) groups is 1. The third-order valence-corrected chi connectivity index (χ3v) is 7.11. The summed E-state index contributed by atoms with van der Waals surface area (Å²) in [6.07, 6.45) is 3.89. The van der Waals surface area contributed by atoms with Crippen LogP contribution in [0.5, 0.6) is 0 Å². The highest BCUT2D eigenvalue weighted by molar-refractivity contribution is 7.99. The van der Waals surface area contributed by atoms with E-state index in [0.717, 1.165) is 32.0 Å². The standard InChI is InChI=1S/C26H27N3OS2/c1-17(2)31-22-9-7-20(8-10-22)14-24(30)29(16-21-6-5-11-27-15-21)26-28-25-19(4)12-18(3)13-23(25)32-26/h5-13,15,17H,14,16H2,1-4H3. The Morgan fingerprint density at radius 2 is 1.88 bits per heavy atom. The second kappa shape index (κ2) is 9.84. The van der Waals surface area contributed by atoms with E-state index in [-0.39, 0.29) is 5.91 Å². The van der Waals surface area contributed by atoms with Gasteiger partial charge in [0.1, 0.15) is 0 Å². The maximum Gasteiger partial charge on any atom is 0.233 e. The molecule has 2 aromatic carbocycles. The maximum atomic E-state index is 13.5. The molecule has 4 nitrogen and oxygen atoms in total. The highest BCUT2D eigenvalue weighted by atomic mass is 32.2. The van der Waals surface area contributed by atoms with Gasteiger partial charge in [0.25, 0.3) is 0 Å². The molecule has 4 aromatic rings. The van der Waals surface area contributed by atoms with Gasteiger partial charge >= 0.3 is 0 Å². The summed E-state index contributed by atoms with van der Waals surface area (Å²) in [4.78, 5) is 25.6. The molecule has 4 rings (SSSR count). The van der Waals surface area contributed by atoms with Crippen molar-refractivity contribution in [2.24, 2.45) is 0 Å². The molecule has 0 aliphatic carbocycles. The van der Waals surface area contributed by atoms with Crippen LogP contribution in [0.1, 0.15) is 36.1 Å². The molecular formula is C26H27N3OS2. The summed E-state index contributed by atoms with van der Waals surface area (Å²) in [5, 5.41) is 1.26. The Morgan fingerprint density at radius 3 is 2.56 bits per heavy atom. The molecule has 0 N–H and O–H groups in total. The number of aryl methyl sites for hydroxylation is 2. The van der Waals surface area contributed by atoms with Gasteiger partial charge in [-0.3, -0.25) is 14.7 Å². The molecular weight excluding hydrogens is 434 g/mol. The first-order chi connectivity index (χ1) is 15.4. The van der Waals surface area contributed by atoms with Crippen molar-refractivity contribution in [3.8, 4) is 0 Å². The normalized spacial score (nSPS) is 11.3. The fourth-order valence-corrected chi connectivity index (χ4v) is 5.64. The predicted molar refractivity (Wildman–Crippen MR) is 136 cm³/mol. The number of aromatic nitrogens is 2. The predicted octanol–water partition coefficient (Wildman–Crippen LogP) is 6.58. The number of fused-ring (bicyclic) bond motifs is 1. The molecule has 0 atom stereocenters. The Morgan fingerprint density at radius 1 is 1.09 bits per heavy atom. The van der Waals surface area contributed by atoms with Crippen LogP contribution in [0.25, 0.3) is 10.2 Å². The smallest absolute Gasteiger partial charge is 0.233 e. The van der Waals surface area contributed by atoms with E-state index in [1.54, 1.807) is 28.6 Å². The summed E-state index contributed by atoms with van der Waals surface area (Å²) in [5.41, 5.74) is 5.29. The number of carbonyl (C=O) groups excluding carboxylic acids is 1. The van der Waals surface area contributed by atoms with E-state index in [9.17, 15) is 4.79 Å². The largest absolute Gasteiger partial charge is 0.283 e. The van der Waals surface area contributed by atoms with Gasteiger partial charge in [0.15, 0.2) is 5.13 Å². The van der Waals surface area contributed by atoms with Gasteiger partial charge in [-0.25, -0.2) is 4.98 Å². The number of rotatable bonds is 7. The fourth-order valence-electron chi connectivity index (χ4n) is 3.64. The molecule has 0 saturated heterocycles. The average molecular weight is 462 g/mol. The van der Waals surface area contributed by atoms with E-state index in [1.165, 1.54) is 10.5 Å². The van der Waals surface area contributed by atoms with E-state index in [2.05, 4.69) is 69.1 Å². The molecule has 0 bridgehead atoms. The molecule has 0 radical (unpaired) electrons. The lowest BCUT2D eigenvalue weighted by molar-refractivity contribution is -0.118. The molecule has 2 heterocycles. The van der Waals surface area contributed by atoms with E-state index < -0.39 is 0 Å². The molecule has 0 fully saturated rings. The van der Waals surface area contributed by atoms with Gasteiger partial charge in [-0.15, -0.1) is 11.8 Å². The van der Waals surface area contributed by atoms with Crippen LogP contribution in [-0.4, -0.2) is 21.1 Å². The Bertz CT molecular complexity index is 1220. The molecule has 2 aromatic heterocycles. The number of hydrogen-bond acceptors (Lipinski definition) is 5. The molecule has 164 valence electrons. The Kier molecular flexibility index (Phi) is 6.92. The minimum absolute atomic E-state index is 0.0338. The van der Waals surface area contributed by atoms with E-state index >= 15 is 0 Å². The maximum absolute atomic E-state index is 13.5. The summed E-state index contributed by atoms with van der Waals surface area (Å²) >= 11 is 3.40. The summed E-state index contributed by atoms with van der Waals surface area (Å²) in [6, 6.07) is 16.5. The minimum atomic E-state index is 0.0338. The second-order valence-corrected chi connectivity index (χ2v) is 10.9. The molecule has 6 heteroatoms. The number of hydrogen-bond donors (Lipinski definition) is 0. The number of nitrogens with zero attached hydrogens (tertiary/aromatic N) is 3.